The SMILES string of the molecule is Cc1ccc(S(=O)(=O)Nc2ccc(O)c(-c3c(O)c(O)cc4ccccc34)c2C)cc1. The summed E-state index contributed by atoms with van der Waals surface area (Å²) in [5, 5.41) is 32.7. The van der Waals surface area contributed by atoms with E-state index in [4.69, 9.17) is 0 Å². The first-order valence-electron chi connectivity index (χ1n) is 9.55. The van der Waals surface area contributed by atoms with Crippen LogP contribution in [0.1, 0.15) is 11.1 Å². The van der Waals surface area contributed by atoms with Gasteiger partial charge in [0.15, 0.2) is 11.5 Å². The van der Waals surface area contributed by atoms with Gasteiger partial charge in [0.2, 0.25) is 0 Å². The molecule has 0 spiro atoms. The highest BCUT2D eigenvalue weighted by molar-refractivity contribution is 7.92. The molecule has 0 aliphatic carbocycles. The zero-order chi connectivity index (χ0) is 22.3. The van der Waals surface area contributed by atoms with Gasteiger partial charge in [-0.1, -0.05) is 42.0 Å². The van der Waals surface area contributed by atoms with E-state index in [0.29, 0.717) is 16.3 Å². The molecule has 4 aromatic rings. The number of phenolic OH excluding ortho intramolecular Hbond substituents is 3. The van der Waals surface area contributed by atoms with Crippen LogP contribution >= 0.6 is 0 Å². The average Bonchev–Trinajstić information content (AvgIpc) is 2.73. The van der Waals surface area contributed by atoms with Crippen molar-refractivity contribution in [3.8, 4) is 28.4 Å². The van der Waals surface area contributed by atoms with Crippen molar-refractivity contribution in [3.63, 3.8) is 0 Å². The maximum absolute atomic E-state index is 12.9. The molecule has 0 heterocycles. The van der Waals surface area contributed by atoms with Crippen LogP contribution in [-0.2, 0) is 10.0 Å². The smallest absolute Gasteiger partial charge is 0.261 e. The van der Waals surface area contributed by atoms with E-state index in [1.165, 1.54) is 30.3 Å². The molecule has 31 heavy (non-hydrogen) atoms. The molecule has 4 N–H and O–H groups in total. The van der Waals surface area contributed by atoms with Crippen molar-refractivity contribution in [2.45, 2.75) is 18.7 Å². The van der Waals surface area contributed by atoms with Crippen molar-refractivity contribution in [3.05, 3.63) is 77.9 Å². The van der Waals surface area contributed by atoms with Crippen LogP contribution in [0.25, 0.3) is 21.9 Å². The van der Waals surface area contributed by atoms with Crippen molar-refractivity contribution in [1.29, 1.82) is 0 Å². The van der Waals surface area contributed by atoms with Gasteiger partial charge in [0.05, 0.1) is 10.6 Å². The van der Waals surface area contributed by atoms with Crippen LogP contribution in [0.3, 0.4) is 0 Å². The third kappa shape index (κ3) is 3.64. The molecule has 4 aromatic carbocycles. The fourth-order valence-corrected chi connectivity index (χ4v) is 4.74. The summed E-state index contributed by atoms with van der Waals surface area (Å²) in [7, 11) is -3.87. The van der Waals surface area contributed by atoms with Crippen molar-refractivity contribution < 1.29 is 23.7 Å². The van der Waals surface area contributed by atoms with Crippen LogP contribution in [0.4, 0.5) is 5.69 Å². The fraction of sp³-hybridized carbons (Fsp3) is 0.0833. The van der Waals surface area contributed by atoms with E-state index in [1.54, 1.807) is 43.3 Å². The number of sulfonamides is 1. The zero-order valence-corrected chi connectivity index (χ0v) is 17.7. The molecule has 0 saturated heterocycles. The normalized spacial score (nSPS) is 11.5. The standard InChI is InChI=1S/C24H21NO5S/c1-14-7-9-17(10-8-14)31(29,30)25-19-11-12-20(26)22(15(19)2)23-18-6-4-3-5-16(18)13-21(27)24(23)28/h3-13,25-28H,1-2H3. The van der Waals surface area contributed by atoms with Crippen molar-refractivity contribution in [2.75, 3.05) is 4.72 Å². The second-order valence-electron chi connectivity index (χ2n) is 7.39. The summed E-state index contributed by atoms with van der Waals surface area (Å²) in [6.07, 6.45) is 0. The van der Waals surface area contributed by atoms with E-state index in [2.05, 4.69) is 4.72 Å². The van der Waals surface area contributed by atoms with Crippen LogP contribution in [-0.4, -0.2) is 23.7 Å². The highest BCUT2D eigenvalue weighted by Gasteiger charge is 2.22. The molecule has 0 amide bonds. The number of phenols is 3. The van der Waals surface area contributed by atoms with Gasteiger partial charge >= 0.3 is 0 Å². The van der Waals surface area contributed by atoms with Gasteiger partial charge in [-0.3, -0.25) is 4.72 Å². The number of fused-ring (bicyclic) bond motifs is 1. The van der Waals surface area contributed by atoms with E-state index in [-0.39, 0.29) is 33.2 Å². The Morgan fingerprint density at radius 3 is 2.16 bits per heavy atom. The lowest BCUT2D eigenvalue weighted by Crippen LogP contribution is -2.14. The minimum atomic E-state index is -3.87. The highest BCUT2D eigenvalue weighted by atomic mass is 32.2. The van der Waals surface area contributed by atoms with Crippen LogP contribution < -0.4 is 4.72 Å². The Morgan fingerprint density at radius 1 is 0.774 bits per heavy atom. The van der Waals surface area contributed by atoms with Gasteiger partial charge in [0, 0.05) is 11.1 Å². The van der Waals surface area contributed by atoms with Crippen LogP contribution in [0.15, 0.2) is 71.6 Å². The lowest BCUT2D eigenvalue weighted by atomic mass is 9.92. The summed E-state index contributed by atoms with van der Waals surface area (Å²) in [4.78, 5) is 0.109. The first-order valence-corrected chi connectivity index (χ1v) is 11.0. The fourth-order valence-electron chi connectivity index (χ4n) is 3.62. The first kappa shape index (κ1) is 20.6. The van der Waals surface area contributed by atoms with Gasteiger partial charge < -0.3 is 15.3 Å². The molecule has 0 unspecified atom stereocenters. The summed E-state index contributed by atoms with van der Waals surface area (Å²) >= 11 is 0. The average molecular weight is 436 g/mol. The Balaban J connectivity index is 1.90. The second-order valence-corrected chi connectivity index (χ2v) is 9.07. The van der Waals surface area contributed by atoms with Gasteiger partial charge in [-0.15, -0.1) is 0 Å². The largest absolute Gasteiger partial charge is 0.507 e. The Hall–Kier alpha value is -3.71. The first-order chi connectivity index (χ1) is 14.7. The van der Waals surface area contributed by atoms with Gasteiger partial charge in [0.1, 0.15) is 5.75 Å². The lowest BCUT2D eigenvalue weighted by molar-refractivity contribution is 0.406. The number of rotatable bonds is 4. The molecule has 0 fully saturated rings. The molecular formula is C24H21NO5S. The minimum Gasteiger partial charge on any atom is -0.507 e. The molecule has 4 rings (SSSR count). The molecule has 0 aromatic heterocycles. The van der Waals surface area contributed by atoms with E-state index in [1.807, 2.05) is 6.92 Å². The number of benzene rings is 4. The summed E-state index contributed by atoms with van der Waals surface area (Å²) < 4.78 is 28.3. The quantitative estimate of drug-likeness (QED) is 0.265. The number of aromatic hydroxyl groups is 3. The summed E-state index contributed by atoms with van der Waals surface area (Å²) in [5.74, 6) is -0.879. The van der Waals surface area contributed by atoms with Crippen LogP contribution in [0.2, 0.25) is 0 Å². The Bertz CT molecular complexity index is 1410. The Morgan fingerprint density at radius 2 is 1.45 bits per heavy atom. The molecule has 0 aliphatic heterocycles. The van der Waals surface area contributed by atoms with E-state index in [9.17, 15) is 23.7 Å². The molecule has 0 aliphatic rings. The van der Waals surface area contributed by atoms with Crippen molar-refractivity contribution >= 4 is 26.5 Å². The predicted octanol–water partition coefficient (Wildman–Crippen LogP) is 5.04. The van der Waals surface area contributed by atoms with Gasteiger partial charge in [0.25, 0.3) is 10.0 Å². The lowest BCUT2D eigenvalue weighted by Gasteiger charge is -2.18. The van der Waals surface area contributed by atoms with Crippen molar-refractivity contribution in [1.82, 2.24) is 0 Å². The Kier molecular flexibility index (Phi) is 4.99. The molecule has 6 nitrogen and oxygen atoms in total. The zero-order valence-electron chi connectivity index (χ0n) is 16.9. The molecule has 0 atom stereocenters. The molecule has 7 heteroatoms. The number of anilines is 1. The number of hydrogen-bond donors (Lipinski definition) is 4. The molecule has 158 valence electrons. The third-order valence-corrected chi connectivity index (χ3v) is 6.65. The molecule has 0 radical (unpaired) electrons. The highest BCUT2D eigenvalue weighted by Crippen LogP contribution is 2.48. The monoisotopic (exact) mass is 435 g/mol. The van der Waals surface area contributed by atoms with Crippen molar-refractivity contribution in [2.24, 2.45) is 0 Å². The number of aryl methyl sites for hydroxylation is 1. The van der Waals surface area contributed by atoms with E-state index in [0.717, 1.165) is 5.56 Å². The van der Waals surface area contributed by atoms with Gasteiger partial charge in [-0.25, -0.2) is 8.42 Å². The van der Waals surface area contributed by atoms with E-state index < -0.39 is 15.8 Å². The minimum absolute atomic E-state index is 0.109. The number of hydrogen-bond acceptors (Lipinski definition) is 5. The molecule has 0 saturated carbocycles. The topological polar surface area (TPSA) is 107 Å². The summed E-state index contributed by atoms with van der Waals surface area (Å²) in [6.45, 7) is 3.51. The third-order valence-electron chi connectivity index (χ3n) is 5.27. The van der Waals surface area contributed by atoms with Crippen LogP contribution in [0, 0.1) is 13.8 Å². The van der Waals surface area contributed by atoms with Crippen LogP contribution in [0.5, 0.6) is 17.2 Å². The second kappa shape index (κ2) is 7.52. The van der Waals surface area contributed by atoms with E-state index >= 15 is 0 Å². The predicted molar refractivity (Wildman–Crippen MR) is 121 cm³/mol. The maximum atomic E-state index is 12.9. The number of nitrogens with one attached hydrogen (secondary N) is 1. The molecular weight excluding hydrogens is 414 g/mol. The van der Waals surface area contributed by atoms with Gasteiger partial charge in [-0.2, -0.15) is 0 Å². The van der Waals surface area contributed by atoms with Gasteiger partial charge in [-0.05, 0) is 60.5 Å². The molecule has 0 bridgehead atoms. The summed E-state index contributed by atoms with van der Waals surface area (Å²) in [5.41, 5.74) is 2.05. The maximum Gasteiger partial charge on any atom is 0.261 e. The summed E-state index contributed by atoms with van der Waals surface area (Å²) in [6, 6.07) is 17.8. The Labute approximate surface area is 180 Å².